The van der Waals surface area contributed by atoms with Crippen molar-refractivity contribution in [1.82, 2.24) is 10.2 Å². The quantitative estimate of drug-likeness (QED) is 0.611. The number of amides is 2. The summed E-state index contributed by atoms with van der Waals surface area (Å²) in [6.07, 6.45) is 9.30. The second-order valence-corrected chi connectivity index (χ2v) is 8.67. The van der Waals surface area contributed by atoms with Crippen LogP contribution < -0.4 is 10.6 Å². The van der Waals surface area contributed by atoms with Gasteiger partial charge in [-0.25, -0.2) is 0 Å². The standard InChI is InChI=1S/C21H30BrN3O2/c1-2-3-4-5-6-7-8-19(26)25-13-11-21(12-14-25)23-18-10-9-16(22)15-17(18)20(27)24-21/h9-10,15,23H,2-8,11-14H2,1H3,(H,24,27). The Morgan fingerprint density at radius 3 is 2.56 bits per heavy atom. The van der Waals surface area contributed by atoms with E-state index in [0.717, 1.165) is 35.8 Å². The number of carbonyl (C=O) groups is 2. The second-order valence-electron chi connectivity index (χ2n) is 7.75. The average Bonchev–Trinajstić information content (AvgIpc) is 2.66. The SMILES string of the molecule is CCCCCCCCC(=O)N1CCC2(CC1)NC(=O)c1cc(Br)ccc1N2. The number of rotatable bonds is 7. The molecule has 1 fully saturated rings. The minimum absolute atomic E-state index is 0.0445. The molecule has 1 aromatic carbocycles. The Labute approximate surface area is 170 Å². The first-order chi connectivity index (χ1) is 13.0. The van der Waals surface area contributed by atoms with Gasteiger partial charge in [0.05, 0.1) is 5.56 Å². The fraction of sp³-hybridized carbons (Fsp3) is 0.619. The van der Waals surface area contributed by atoms with Gasteiger partial charge in [-0.2, -0.15) is 0 Å². The van der Waals surface area contributed by atoms with Gasteiger partial charge in [0.2, 0.25) is 5.91 Å². The number of benzene rings is 1. The molecule has 1 aromatic rings. The number of hydrogen-bond donors (Lipinski definition) is 2. The molecule has 5 nitrogen and oxygen atoms in total. The monoisotopic (exact) mass is 435 g/mol. The van der Waals surface area contributed by atoms with Gasteiger partial charge in [-0.1, -0.05) is 55.0 Å². The lowest BCUT2D eigenvalue weighted by atomic mass is 9.92. The van der Waals surface area contributed by atoms with E-state index < -0.39 is 5.66 Å². The lowest BCUT2D eigenvalue weighted by Gasteiger charge is -2.46. The minimum Gasteiger partial charge on any atom is -0.362 e. The fourth-order valence-corrected chi connectivity index (χ4v) is 4.35. The molecule has 27 heavy (non-hydrogen) atoms. The smallest absolute Gasteiger partial charge is 0.255 e. The van der Waals surface area contributed by atoms with Gasteiger partial charge in [0.1, 0.15) is 5.66 Å². The van der Waals surface area contributed by atoms with Crippen LogP contribution in [-0.4, -0.2) is 35.5 Å². The molecule has 0 radical (unpaired) electrons. The largest absolute Gasteiger partial charge is 0.362 e. The highest BCUT2D eigenvalue weighted by molar-refractivity contribution is 9.10. The van der Waals surface area contributed by atoms with Crippen LogP contribution in [0.3, 0.4) is 0 Å². The van der Waals surface area contributed by atoms with Crippen molar-refractivity contribution in [1.29, 1.82) is 0 Å². The predicted molar refractivity (Wildman–Crippen MR) is 112 cm³/mol. The number of anilines is 1. The van der Waals surface area contributed by atoms with Crippen molar-refractivity contribution in [2.45, 2.75) is 70.4 Å². The molecule has 0 saturated carbocycles. The fourth-order valence-electron chi connectivity index (χ4n) is 3.99. The molecule has 0 bridgehead atoms. The number of piperidine rings is 1. The van der Waals surface area contributed by atoms with Crippen molar-refractivity contribution in [3.63, 3.8) is 0 Å². The van der Waals surface area contributed by atoms with E-state index in [9.17, 15) is 9.59 Å². The average molecular weight is 436 g/mol. The van der Waals surface area contributed by atoms with E-state index >= 15 is 0 Å². The maximum atomic E-state index is 12.5. The Kier molecular flexibility index (Phi) is 6.79. The topological polar surface area (TPSA) is 61.4 Å². The van der Waals surface area contributed by atoms with E-state index in [0.29, 0.717) is 25.1 Å². The third kappa shape index (κ3) is 5.03. The first-order valence-corrected chi connectivity index (χ1v) is 11.0. The zero-order valence-electron chi connectivity index (χ0n) is 16.2. The van der Waals surface area contributed by atoms with E-state index in [-0.39, 0.29) is 11.8 Å². The molecule has 0 aliphatic carbocycles. The minimum atomic E-state index is -0.436. The highest BCUT2D eigenvalue weighted by Crippen LogP contribution is 2.33. The molecule has 6 heteroatoms. The molecule has 0 aromatic heterocycles. The normalized spacial score (nSPS) is 18.0. The van der Waals surface area contributed by atoms with Crippen LogP contribution in [0.4, 0.5) is 5.69 Å². The van der Waals surface area contributed by atoms with Crippen molar-refractivity contribution in [2.75, 3.05) is 18.4 Å². The van der Waals surface area contributed by atoms with E-state index in [1.165, 1.54) is 25.7 Å². The summed E-state index contributed by atoms with van der Waals surface area (Å²) < 4.78 is 0.893. The highest BCUT2D eigenvalue weighted by atomic mass is 79.9. The Hall–Kier alpha value is -1.56. The lowest BCUT2D eigenvalue weighted by molar-refractivity contribution is -0.132. The van der Waals surface area contributed by atoms with Crippen LogP contribution in [0.1, 0.15) is 75.1 Å². The van der Waals surface area contributed by atoms with Crippen LogP contribution in [0.25, 0.3) is 0 Å². The number of fused-ring (bicyclic) bond motifs is 1. The maximum Gasteiger partial charge on any atom is 0.255 e. The summed E-state index contributed by atoms with van der Waals surface area (Å²) in [6.45, 7) is 3.59. The van der Waals surface area contributed by atoms with Crippen molar-refractivity contribution in [3.8, 4) is 0 Å². The van der Waals surface area contributed by atoms with Crippen molar-refractivity contribution < 1.29 is 9.59 Å². The lowest BCUT2D eigenvalue weighted by Crippen LogP contribution is -2.62. The Morgan fingerprint density at radius 2 is 1.81 bits per heavy atom. The maximum absolute atomic E-state index is 12.5. The number of halogens is 1. The third-order valence-corrected chi connectivity index (χ3v) is 6.16. The molecule has 148 valence electrons. The van der Waals surface area contributed by atoms with Crippen molar-refractivity contribution >= 4 is 33.4 Å². The number of likely N-dealkylation sites (tertiary alicyclic amines) is 1. The molecule has 1 saturated heterocycles. The van der Waals surface area contributed by atoms with Crippen molar-refractivity contribution in [3.05, 3.63) is 28.2 Å². The molecule has 1 spiro atoms. The van der Waals surface area contributed by atoms with Gasteiger partial charge in [0.25, 0.3) is 5.91 Å². The summed E-state index contributed by atoms with van der Waals surface area (Å²) >= 11 is 3.42. The number of unbranched alkanes of at least 4 members (excludes halogenated alkanes) is 5. The van der Waals surface area contributed by atoms with Gasteiger partial charge in [-0.15, -0.1) is 0 Å². The third-order valence-electron chi connectivity index (χ3n) is 5.67. The van der Waals surface area contributed by atoms with Crippen LogP contribution in [0.5, 0.6) is 0 Å². The summed E-state index contributed by atoms with van der Waals surface area (Å²) in [5, 5.41) is 6.65. The van der Waals surface area contributed by atoms with Gasteiger partial charge in [-0.05, 0) is 24.6 Å². The molecule has 3 rings (SSSR count). The van der Waals surface area contributed by atoms with Crippen LogP contribution in [0.2, 0.25) is 0 Å². The molecule has 2 amide bonds. The van der Waals surface area contributed by atoms with E-state index in [1.807, 2.05) is 23.1 Å². The number of hydrogen-bond acceptors (Lipinski definition) is 3. The summed E-state index contributed by atoms with van der Waals surface area (Å²) in [6, 6.07) is 5.72. The van der Waals surface area contributed by atoms with E-state index in [2.05, 4.69) is 33.5 Å². The Morgan fingerprint density at radius 1 is 1.11 bits per heavy atom. The summed E-state index contributed by atoms with van der Waals surface area (Å²) in [5.74, 6) is 0.212. The zero-order valence-corrected chi connectivity index (χ0v) is 17.7. The molecule has 2 N–H and O–H groups in total. The second kappa shape index (κ2) is 9.09. The molecule has 2 aliphatic rings. The predicted octanol–water partition coefficient (Wildman–Crippen LogP) is 4.67. The Balaban J connectivity index is 1.48. The van der Waals surface area contributed by atoms with Crippen LogP contribution in [0.15, 0.2) is 22.7 Å². The summed E-state index contributed by atoms with van der Waals surface area (Å²) in [4.78, 5) is 27.0. The zero-order chi connectivity index (χ0) is 19.3. The summed E-state index contributed by atoms with van der Waals surface area (Å²) in [7, 11) is 0. The highest BCUT2D eigenvalue weighted by Gasteiger charge is 2.40. The molecular formula is C21H30BrN3O2. The molecule has 2 aliphatic heterocycles. The number of nitrogens with one attached hydrogen (secondary N) is 2. The van der Waals surface area contributed by atoms with Gasteiger partial charge in [-0.3, -0.25) is 9.59 Å². The van der Waals surface area contributed by atoms with Crippen LogP contribution in [0, 0.1) is 0 Å². The van der Waals surface area contributed by atoms with Gasteiger partial charge < -0.3 is 15.5 Å². The molecular weight excluding hydrogens is 406 g/mol. The van der Waals surface area contributed by atoms with Gasteiger partial charge in [0.15, 0.2) is 0 Å². The first-order valence-electron chi connectivity index (χ1n) is 10.2. The number of carbonyl (C=O) groups excluding carboxylic acids is 2. The van der Waals surface area contributed by atoms with E-state index in [4.69, 9.17) is 0 Å². The molecule has 0 atom stereocenters. The van der Waals surface area contributed by atoms with Gasteiger partial charge in [0, 0.05) is 42.5 Å². The van der Waals surface area contributed by atoms with Crippen LogP contribution >= 0.6 is 15.9 Å². The number of nitrogens with zero attached hydrogens (tertiary/aromatic N) is 1. The van der Waals surface area contributed by atoms with Gasteiger partial charge >= 0.3 is 0 Å². The summed E-state index contributed by atoms with van der Waals surface area (Å²) in [5.41, 5.74) is 1.10. The molecule has 0 unspecified atom stereocenters. The Bertz CT molecular complexity index is 684. The first kappa shape index (κ1) is 20.2. The molecule has 2 heterocycles. The van der Waals surface area contributed by atoms with Crippen LogP contribution in [-0.2, 0) is 4.79 Å². The van der Waals surface area contributed by atoms with Crippen molar-refractivity contribution in [2.24, 2.45) is 0 Å². The van der Waals surface area contributed by atoms with E-state index in [1.54, 1.807) is 0 Å².